The molecular formula is C27H29ClFN5O3. The Labute approximate surface area is 219 Å². The Balaban J connectivity index is 1.32. The van der Waals surface area contributed by atoms with Crippen molar-refractivity contribution < 1.29 is 18.7 Å². The minimum Gasteiger partial charge on any atom is -0.489 e. The van der Waals surface area contributed by atoms with Crippen molar-refractivity contribution >= 4 is 28.9 Å². The van der Waals surface area contributed by atoms with Crippen LogP contribution in [0.3, 0.4) is 0 Å². The Bertz CT molecular complexity index is 1410. The Morgan fingerprint density at radius 2 is 1.86 bits per heavy atom. The van der Waals surface area contributed by atoms with E-state index < -0.39 is 5.67 Å². The molecule has 1 aromatic carbocycles. The molecule has 2 unspecified atom stereocenters. The minimum absolute atomic E-state index is 0.0599. The second-order valence-corrected chi connectivity index (χ2v) is 11.6. The van der Waals surface area contributed by atoms with Gasteiger partial charge in [-0.2, -0.15) is 5.10 Å². The van der Waals surface area contributed by atoms with Crippen molar-refractivity contribution in [3.8, 4) is 17.0 Å². The summed E-state index contributed by atoms with van der Waals surface area (Å²) in [5, 5.41) is 8.02. The van der Waals surface area contributed by atoms with Gasteiger partial charge in [-0.25, -0.2) is 13.9 Å². The highest BCUT2D eigenvalue weighted by Gasteiger charge is 2.72. The van der Waals surface area contributed by atoms with Crippen molar-refractivity contribution in [1.82, 2.24) is 24.8 Å². The van der Waals surface area contributed by atoms with E-state index in [1.165, 1.54) is 11.2 Å². The maximum Gasteiger partial charge on any atom is 0.233 e. The first-order valence-electron chi connectivity index (χ1n) is 12.6. The Hall–Kier alpha value is -3.04. The average molecular weight is 526 g/mol. The summed E-state index contributed by atoms with van der Waals surface area (Å²) in [4.78, 5) is 31.5. The van der Waals surface area contributed by atoms with Crippen LogP contribution in [0.15, 0.2) is 30.7 Å². The number of rotatable bonds is 6. The maximum atomic E-state index is 15.3. The first kappa shape index (κ1) is 24.3. The molecule has 1 N–H and O–H groups in total. The van der Waals surface area contributed by atoms with E-state index in [2.05, 4.69) is 15.4 Å². The molecule has 10 heteroatoms. The Morgan fingerprint density at radius 1 is 1.16 bits per heavy atom. The molecule has 2 amide bonds. The average Bonchev–Trinajstić information content (AvgIpc) is 3.09. The van der Waals surface area contributed by atoms with Crippen LogP contribution in [0.5, 0.6) is 5.75 Å². The number of imide groups is 1. The molecule has 0 spiro atoms. The normalized spacial score (nSPS) is 24.0. The number of nitrogens with one attached hydrogen (secondary N) is 1. The van der Waals surface area contributed by atoms with E-state index >= 15 is 4.39 Å². The van der Waals surface area contributed by atoms with E-state index in [9.17, 15) is 9.59 Å². The number of piperidine rings is 2. The van der Waals surface area contributed by atoms with Crippen LogP contribution in [0.4, 0.5) is 4.39 Å². The molecule has 3 aliphatic rings. The molecule has 2 atom stereocenters. The monoisotopic (exact) mass is 525 g/mol. The van der Waals surface area contributed by atoms with Crippen LogP contribution in [-0.2, 0) is 16.1 Å². The highest BCUT2D eigenvalue weighted by atomic mass is 35.5. The fourth-order valence-electron chi connectivity index (χ4n) is 5.94. The quantitative estimate of drug-likeness (QED) is 0.490. The van der Waals surface area contributed by atoms with E-state index in [1.807, 2.05) is 26.8 Å². The summed E-state index contributed by atoms with van der Waals surface area (Å²) in [6.07, 6.45) is 4.00. The molecule has 2 saturated heterocycles. The molecule has 3 aromatic rings. The molecule has 1 saturated carbocycles. The van der Waals surface area contributed by atoms with Gasteiger partial charge < -0.3 is 10.1 Å². The summed E-state index contributed by atoms with van der Waals surface area (Å²) in [6, 6.07) is 5.41. The van der Waals surface area contributed by atoms with Crippen LogP contribution in [-0.4, -0.2) is 56.7 Å². The summed E-state index contributed by atoms with van der Waals surface area (Å²) >= 11 is 6.42. The lowest BCUT2D eigenvalue weighted by Gasteiger charge is -2.30. The number of aryl methyl sites for hydroxylation is 1. The summed E-state index contributed by atoms with van der Waals surface area (Å²) < 4.78 is 23.1. The van der Waals surface area contributed by atoms with Gasteiger partial charge in [0, 0.05) is 16.8 Å². The number of halogens is 2. The number of fused-ring (bicyclic) bond motifs is 2. The third-order valence-electron chi connectivity index (χ3n) is 8.16. The fourth-order valence-corrected chi connectivity index (χ4v) is 6.21. The molecule has 2 aromatic heterocycles. The lowest BCUT2D eigenvalue weighted by atomic mass is 9.95. The minimum atomic E-state index is -1.40. The number of carbonyl (C=O) groups is 2. The van der Waals surface area contributed by atoms with E-state index in [0.717, 1.165) is 11.1 Å². The summed E-state index contributed by atoms with van der Waals surface area (Å²) in [6.45, 7) is 7.16. The number of nitrogens with zero attached hydrogens (tertiary/aromatic N) is 4. The number of aromatic nitrogens is 3. The number of alkyl halides is 1. The first-order chi connectivity index (χ1) is 17.6. The maximum absolute atomic E-state index is 15.3. The van der Waals surface area contributed by atoms with Gasteiger partial charge in [-0.3, -0.25) is 14.5 Å². The lowest BCUT2D eigenvalue weighted by Crippen LogP contribution is -2.42. The fraction of sp³-hybridized carbons (Fsp3) is 0.481. The lowest BCUT2D eigenvalue weighted by molar-refractivity contribution is -0.143. The number of benzene rings is 1. The van der Waals surface area contributed by atoms with Gasteiger partial charge in [0.25, 0.3) is 0 Å². The molecule has 37 heavy (non-hydrogen) atoms. The second kappa shape index (κ2) is 8.49. The summed E-state index contributed by atoms with van der Waals surface area (Å²) in [7, 11) is 0. The van der Waals surface area contributed by atoms with Crippen LogP contribution in [0, 0.1) is 24.2 Å². The largest absolute Gasteiger partial charge is 0.489 e. The van der Waals surface area contributed by atoms with Crippen molar-refractivity contribution in [3.63, 3.8) is 0 Å². The summed E-state index contributed by atoms with van der Waals surface area (Å²) in [5.74, 6) is -0.141. The number of ether oxygens (including phenoxy) is 1. The van der Waals surface area contributed by atoms with E-state index in [1.54, 1.807) is 22.8 Å². The zero-order chi connectivity index (χ0) is 26.1. The van der Waals surface area contributed by atoms with Crippen molar-refractivity contribution in [2.24, 2.45) is 17.3 Å². The SMILES string of the molecule is Cc1cc(Cl)cc(-c2ncnn3cc(CN4C(=O)C5C(C4=O)C5(C)C)cc23)c1OCC1(F)CCNCC1. The first-order valence-corrected chi connectivity index (χ1v) is 13.0. The van der Waals surface area contributed by atoms with Crippen LogP contribution in [0.25, 0.3) is 16.8 Å². The smallest absolute Gasteiger partial charge is 0.233 e. The molecule has 6 rings (SSSR count). The van der Waals surface area contributed by atoms with Crippen LogP contribution < -0.4 is 10.1 Å². The third kappa shape index (κ3) is 3.99. The standard InChI is InChI=1S/C27H29ClFN5O3/c1-15-8-17(28)10-18(23(15)37-13-27(29)4-6-30-7-5-27)22-19-9-16(12-34(19)32-14-31-22)11-33-24(35)20-21(25(33)36)26(20,2)3/h8-10,12,14,20-21,30H,4-7,11,13H2,1-3H3. The molecule has 0 radical (unpaired) electrons. The van der Waals surface area contributed by atoms with Gasteiger partial charge in [0.05, 0.1) is 23.9 Å². The van der Waals surface area contributed by atoms with Gasteiger partial charge >= 0.3 is 0 Å². The number of likely N-dealkylation sites (tertiary alicyclic amines) is 1. The van der Waals surface area contributed by atoms with Crippen LogP contribution in [0.1, 0.15) is 37.8 Å². The number of amides is 2. The Kier molecular flexibility index (Phi) is 5.58. The van der Waals surface area contributed by atoms with Gasteiger partial charge in [-0.05, 0) is 67.6 Å². The molecule has 0 bridgehead atoms. The third-order valence-corrected chi connectivity index (χ3v) is 8.38. The van der Waals surface area contributed by atoms with Crippen molar-refractivity contribution in [2.45, 2.75) is 45.8 Å². The topological polar surface area (TPSA) is 88.8 Å². The zero-order valence-electron chi connectivity index (χ0n) is 21.1. The number of hydrogen-bond acceptors (Lipinski definition) is 6. The second-order valence-electron chi connectivity index (χ2n) is 11.1. The molecule has 194 valence electrons. The van der Waals surface area contributed by atoms with Gasteiger partial charge in [0.15, 0.2) is 0 Å². The van der Waals surface area contributed by atoms with Crippen molar-refractivity contribution in [1.29, 1.82) is 0 Å². The number of carbonyl (C=O) groups excluding carboxylic acids is 2. The molecule has 3 fully saturated rings. The van der Waals surface area contributed by atoms with Gasteiger partial charge in [0.1, 0.15) is 30.0 Å². The van der Waals surface area contributed by atoms with Crippen LogP contribution >= 0.6 is 11.6 Å². The zero-order valence-corrected chi connectivity index (χ0v) is 21.8. The molecule has 1 aliphatic carbocycles. The van der Waals surface area contributed by atoms with Gasteiger partial charge in [-0.1, -0.05) is 25.4 Å². The van der Waals surface area contributed by atoms with Gasteiger partial charge in [-0.15, -0.1) is 0 Å². The highest BCUT2D eigenvalue weighted by Crippen LogP contribution is 2.63. The van der Waals surface area contributed by atoms with Crippen molar-refractivity contribution in [3.05, 3.63) is 46.9 Å². The molecule has 8 nitrogen and oxygen atoms in total. The molecular weight excluding hydrogens is 497 g/mol. The highest BCUT2D eigenvalue weighted by molar-refractivity contribution is 6.31. The van der Waals surface area contributed by atoms with Gasteiger partial charge in [0.2, 0.25) is 11.8 Å². The predicted octanol–water partition coefficient (Wildman–Crippen LogP) is 3.97. The van der Waals surface area contributed by atoms with E-state index in [-0.39, 0.29) is 42.2 Å². The van der Waals surface area contributed by atoms with Crippen molar-refractivity contribution in [2.75, 3.05) is 19.7 Å². The molecule has 2 aliphatic heterocycles. The Morgan fingerprint density at radius 3 is 2.57 bits per heavy atom. The molecule has 4 heterocycles. The van der Waals surface area contributed by atoms with E-state index in [4.69, 9.17) is 16.3 Å². The van der Waals surface area contributed by atoms with E-state index in [0.29, 0.717) is 53.5 Å². The summed E-state index contributed by atoms with van der Waals surface area (Å²) in [5.41, 5.74) is 1.77. The van der Waals surface area contributed by atoms with Crippen LogP contribution in [0.2, 0.25) is 5.02 Å². The number of hydrogen-bond donors (Lipinski definition) is 1. The predicted molar refractivity (Wildman–Crippen MR) is 136 cm³/mol.